The van der Waals surface area contributed by atoms with Crippen molar-refractivity contribution < 1.29 is 18.0 Å². The standard InChI is InChI=1S/C19H19ClF3N3O/c20-13-3-1-12(2-4-13)11-26-9-7-14(8-10-26)24-19(27)25-16-6-5-15(21)17(22)18(16)23/h1-6,14H,7-11H2,(H2,24,25,27). The number of carbonyl (C=O) groups is 1. The third kappa shape index (κ3) is 5.14. The van der Waals surface area contributed by atoms with Gasteiger partial charge in [0.15, 0.2) is 17.5 Å². The quantitative estimate of drug-likeness (QED) is 0.744. The lowest BCUT2D eigenvalue weighted by Gasteiger charge is -2.32. The maximum Gasteiger partial charge on any atom is 0.319 e. The van der Waals surface area contributed by atoms with Gasteiger partial charge in [-0.15, -0.1) is 0 Å². The molecule has 0 unspecified atom stereocenters. The van der Waals surface area contributed by atoms with E-state index in [-0.39, 0.29) is 6.04 Å². The summed E-state index contributed by atoms with van der Waals surface area (Å²) in [5, 5.41) is 5.67. The minimum absolute atomic E-state index is 0.0696. The molecule has 2 aromatic rings. The lowest BCUT2D eigenvalue weighted by atomic mass is 10.0. The van der Waals surface area contributed by atoms with E-state index in [4.69, 9.17) is 11.6 Å². The van der Waals surface area contributed by atoms with Crippen LogP contribution in [0.4, 0.5) is 23.7 Å². The molecule has 1 aliphatic rings. The van der Waals surface area contributed by atoms with Crippen molar-refractivity contribution >= 4 is 23.3 Å². The molecule has 0 spiro atoms. The van der Waals surface area contributed by atoms with Crippen LogP contribution in [-0.4, -0.2) is 30.1 Å². The minimum atomic E-state index is -1.61. The molecule has 27 heavy (non-hydrogen) atoms. The molecule has 2 N–H and O–H groups in total. The van der Waals surface area contributed by atoms with E-state index in [0.717, 1.165) is 50.2 Å². The van der Waals surface area contributed by atoms with Crippen molar-refractivity contribution in [1.29, 1.82) is 0 Å². The van der Waals surface area contributed by atoms with Gasteiger partial charge in [-0.05, 0) is 42.7 Å². The molecule has 2 aromatic carbocycles. The van der Waals surface area contributed by atoms with E-state index in [0.29, 0.717) is 5.02 Å². The van der Waals surface area contributed by atoms with Crippen LogP contribution in [0, 0.1) is 17.5 Å². The number of nitrogens with one attached hydrogen (secondary N) is 2. The summed E-state index contributed by atoms with van der Waals surface area (Å²) in [5.74, 6) is -4.32. The molecule has 0 saturated carbocycles. The Kier molecular flexibility index (Phi) is 6.23. The summed E-state index contributed by atoms with van der Waals surface area (Å²) in [7, 11) is 0. The molecule has 1 saturated heterocycles. The number of rotatable bonds is 4. The monoisotopic (exact) mass is 397 g/mol. The van der Waals surface area contributed by atoms with E-state index in [1.807, 2.05) is 24.3 Å². The first-order valence-corrected chi connectivity index (χ1v) is 8.98. The molecule has 0 bridgehead atoms. The Bertz CT molecular complexity index is 809. The third-order valence-electron chi connectivity index (χ3n) is 4.53. The summed E-state index contributed by atoms with van der Waals surface area (Å²) in [4.78, 5) is 14.3. The molecule has 1 fully saturated rings. The normalized spacial score (nSPS) is 15.6. The van der Waals surface area contributed by atoms with Crippen LogP contribution in [0.15, 0.2) is 36.4 Å². The van der Waals surface area contributed by atoms with Gasteiger partial charge >= 0.3 is 6.03 Å². The minimum Gasteiger partial charge on any atom is -0.335 e. The van der Waals surface area contributed by atoms with Gasteiger partial charge in [0.05, 0.1) is 5.69 Å². The average molecular weight is 398 g/mol. The summed E-state index contributed by atoms with van der Waals surface area (Å²) in [6.07, 6.45) is 1.47. The lowest BCUT2D eigenvalue weighted by Crippen LogP contribution is -2.45. The Morgan fingerprint density at radius 2 is 1.70 bits per heavy atom. The first kappa shape index (κ1) is 19.5. The van der Waals surface area contributed by atoms with Crippen molar-refractivity contribution in [2.75, 3.05) is 18.4 Å². The predicted molar refractivity (Wildman–Crippen MR) is 98.2 cm³/mol. The van der Waals surface area contributed by atoms with Crippen molar-refractivity contribution in [3.05, 3.63) is 64.4 Å². The Labute approximate surface area is 160 Å². The number of amides is 2. The smallest absolute Gasteiger partial charge is 0.319 e. The number of nitrogens with zero attached hydrogens (tertiary/aromatic N) is 1. The largest absolute Gasteiger partial charge is 0.335 e. The van der Waals surface area contributed by atoms with Crippen LogP contribution in [0.25, 0.3) is 0 Å². The second-order valence-electron chi connectivity index (χ2n) is 6.50. The van der Waals surface area contributed by atoms with Gasteiger partial charge in [-0.3, -0.25) is 4.90 Å². The van der Waals surface area contributed by atoms with E-state index in [9.17, 15) is 18.0 Å². The van der Waals surface area contributed by atoms with E-state index < -0.39 is 29.2 Å². The number of hydrogen-bond acceptors (Lipinski definition) is 2. The van der Waals surface area contributed by atoms with Crippen LogP contribution in [0.3, 0.4) is 0 Å². The summed E-state index contributed by atoms with van der Waals surface area (Å²) in [6.45, 7) is 2.40. The second-order valence-corrected chi connectivity index (χ2v) is 6.93. The first-order valence-electron chi connectivity index (χ1n) is 8.60. The number of carbonyl (C=O) groups excluding carboxylic acids is 1. The van der Waals surface area contributed by atoms with Crippen LogP contribution in [0.1, 0.15) is 18.4 Å². The van der Waals surface area contributed by atoms with E-state index in [1.165, 1.54) is 0 Å². The van der Waals surface area contributed by atoms with Crippen molar-refractivity contribution in [1.82, 2.24) is 10.2 Å². The zero-order chi connectivity index (χ0) is 19.4. The summed E-state index contributed by atoms with van der Waals surface area (Å²) < 4.78 is 39.7. The highest BCUT2D eigenvalue weighted by molar-refractivity contribution is 6.30. The van der Waals surface area contributed by atoms with E-state index in [2.05, 4.69) is 15.5 Å². The van der Waals surface area contributed by atoms with Gasteiger partial charge < -0.3 is 10.6 Å². The van der Waals surface area contributed by atoms with Crippen molar-refractivity contribution in [3.8, 4) is 0 Å². The van der Waals surface area contributed by atoms with Gasteiger partial charge in [-0.2, -0.15) is 0 Å². The SMILES string of the molecule is O=C(Nc1ccc(F)c(F)c1F)NC1CCN(Cc2ccc(Cl)cc2)CC1. The Balaban J connectivity index is 1.47. The van der Waals surface area contributed by atoms with Crippen LogP contribution < -0.4 is 10.6 Å². The Morgan fingerprint density at radius 1 is 1.04 bits per heavy atom. The molecule has 0 aliphatic carbocycles. The second kappa shape index (κ2) is 8.63. The molecule has 0 atom stereocenters. The molecule has 2 amide bonds. The highest BCUT2D eigenvalue weighted by Crippen LogP contribution is 2.20. The summed E-state index contributed by atoms with van der Waals surface area (Å²) in [5.41, 5.74) is 0.768. The average Bonchev–Trinajstić information content (AvgIpc) is 2.66. The first-order chi connectivity index (χ1) is 12.9. The maximum atomic E-state index is 13.6. The highest BCUT2D eigenvalue weighted by atomic mass is 35.5. The molecule has 0 radical (unpaired) electrons. The third-order valence-corrected chi connectivity index (χ3v) is 4.78. The Morgan fingerprint density at radius 3 is 2.37 bits per heavy atom. The maximum absolute atomic E-state index is 13.6. The molecule has 1 heterocycles. The van der Waals surface area contributed by atoms with Gasteiger partial charge in [0.25, 0.3) is 0 Å². The lowest BCUT2D eigenvalue weighted by molar-refractivity contribution is 0.190. The number of urea groups is 1. The number of anilines is 1. The fourth-order valence-corrected chi connectivity index (χ4v) is 3.18. The van der Waals surface area contributed by atoms with E-state index >= 15 is 0 Å². The molecule has 0 aromatic heterocycles. The molecular weight excluding hydrogens is 379 g/mol. The number of likely N-dealkylation sites (tertiary alicyclic amines) is 1. The van der Waals surface area contributed by atoms with Crippen molar-refractivity contribution in [3.63, 3.8) is 0 Å². The van der Waals surface area contributed by atoms with Crippen LogP contribution in [0.2, 0.25) is 5.02 Å². The highest BCUT2D eigenvalue weighted by Gasteiger charge is 2.22. The fraction of sp³-hybridized carbons (Fsp3) is 0.316. The number of benzene rings is 2. The molecule has 4 nitrogen and oxygen atoms in total. The summed E-state index contributed by atoms with van der Waals surface area (Å²) in [6, 6.07) is 8.72. The van der Waals surface area contributed by atoms with Crippen molar-refractivity contribution in [2.45, 2.75) is 25.4 Å². The van der Waals surface area contributed by atoms with Gasteiger partial charge in [0, 0.05) is 30.7 Å². The van der Waals surface area contributed by atoms with Crippen LogP contribution >= 0.6 is 11.6 Å². The molecule has 144 valence electrons. The van der Waals surface area contributed by atoms with Gasteiger partial charge in [0.2, 0.25) is 0 Å². The number of halogens is 4. The van der Waals surface area contributed by atoms with Gasteiger partial charge in [-0.25, -0.2) is 18.0 Å². The van der Waals surface area contributed by atoms with Crippen LogP contribution in [0.5, 0.6) is 0 Å². The van der Waals surface area contributed by atoms with E-state index in [1.54, 1.807) is 0 Å². The van der Waals surface area contributed by atoms with Crippen molar-refractivity contribution in [2.24, 2.45) is 0 Å². The molecular formula is C19H19ClF3N3O. The molecule has 1 aliphatic heterocycles. The number of hydrogen-bond donors (Lipinski definition) is 2. The summed E-state index contributed by atoms with van der Waals surface area (Å²) >= 11 is 5.88. The van der Waals surface area contributed by atoms with Gasteiger partial charge in [-0.1, -0.05) is 23.7 Å². The Hall–Kier alpha value is -2.25. The topological polar surface area (TPSA) is 44.4 Å². The van der Waals surface area contributed by atoms with Crippen LogP contribution in [-0.2, 0) is 6.54 Å². The fourth-order valence-electron chi connectivity index (χ4n) is 3.05. The zero-order valence-electron chi connectivity index (χ0n) is 14.4. The number of piperidine rings is 1. The van der Waals surface area contributed by atoms with Gasteiger partial charge in [0.1, 0.15) is 0 Å². The predicted octanol–water partition coefficient (Wildman–Crippen LogP) is 4.54. The molecule has 3 rings (SSSR count). The molecule has 8 heteroatoms. The zero-order valence-corrected chi connectivity index (χ0v) is 15.2.